The summed E-state index contributed by atoms with van der Waals surface area (Å²) in [5.41, 5.74) is 0.992. The van der Waals surface area contributed by atoms with Gasteiger partial charge in [-0.3, -0.25) is 0 Å². The second kappa shape index (κ2) is 7.19. The van der Waals surface area contributed by atoms with Crippen molar-refractivity contribution in [3.8, 4) is 11.1 Å². The third-order valence-electron chi connectivity index (χ3n) is 4.91. The molecule has 2 aromatic carbocycles. The number of nitrogens with zero attached hydrogens (tertiary/aromatic N) is 1. The van der Waals surface area contributed by atoms with Gasteiger partial charge < -0.3 is 15.1 Å². The maximum Gasteiger partial charge on any atom is 0.154 e. The molecule has 0 saturated carbocycles. The van der Waals surface area contributed by atoms with Crippen LogP contribution in [0.25, 0.3) is 22.0 Å². The number of H-pyrrole nitrogens is 1. The van der Waals surface area contributed by atoms with Crippen LogP contribution in [-0.2, 0) is 4.84 Å². The molecule has 150 valence electrons. The third kappa shape index (κ3) is 3.27. The Kier molecular flexibility index (Phi) is 4.82. The van der Waals surface area contributed by atoms with Crippen LogP contribution in [0.5, 0.6) is 0 Å². The first-order valence-corrected chi connectivity index (χ1v) is 9.57. The van der Waals surface area contributed by atoms with E-state index in [2.05, 4.69) is 22.0 Å². The first-order valence-electron chi connectivity index (χ1n) is 9.19. The van der Waals surface area contributed by atoms with Gasteiger partial charge in [0.25, 0.3) is 0 Å². The number of anilines is 1. The van der Waals surface area contributed by atoms with E-state index in [9.17, 15) is 0 Å². The third-order valence-corrected chi connectivity index (χ3v) is 5.26. The molecule has 0 fully saturated rings. The second-order valence-corrected chi connectivity index (χ2v) is 8.00. The Bertz CT molecular complexity index is 1150. The van der Waals surface area contributed by atoms with Gasteiger partial charge in [0.05, 0.1) is 28.0 Å². The van der Waals surface area contributed by atoms with Crippen molar-refractivity contribution in [3.63, 3.8) is 0 Å². The molecule has 1 aliphatic heterocycles. The first-order chi connectivity index (χ1) is 13.8. The Hall–Kier alpha value is -2.86. The Morgan fingerprint density at radius 2 is 2.03 bits per heavy atom. The predicted octanol–water partition coefficient (Wildman–Crippen LogP) is 6.27. The number of nitrogens with one attached hydrogen (secondary N) is 2. The van der Waals surface area contributed by atoms with Crippen LogP contribution in [0.2, 0.25) is 5.02 Å². The van der Waals surface area contributed by atoms with Crippen molar-refractivity contribution in [1.29, 1.82) is 0 Å². The quantitative estimate of drug-likeness (QED) is 0.228. The fourth-order valence-electron chi connectivity index (χ4n) is 3.71. The molecule has 4 rings (SSSR count). The molecule has 0 aliphatic carbocycles. The molecule has 1 aromatic heterocycles. The van der Waals surface area contributed by atoms with E-state index in [4.69, 9.17) is 16.4 Å². The largest absolute Gasteiger partial charge is 0.391 e. The maximum atomic E-state index is 15.8. The summed E-state index contributed by atoms with van der Waals surface area (Å²) in [7, 11) is 0. The zero-order valence-corrected chi connectivity index (χ0v) is 16.8. The normalized spacial score (nSPS) is 16.5. The van der Waals surface area contributed by atoms with Gasteiger partial charge in [0, 0.05) is 23.7 Å². The van der Waals surface area contributed by atoms with E-state index in [1.54, 1.807) is 24.4 Å². The fourth-order valence-corrected chi connectivity index (χ4v) is 3.95. The average molecular weight is 416 g/mol. The summed E-state index contributed by atoms with van der Waals surface area (Å²) < 4.78 is 31.2. The summed E-state index contributed by atoms with van der Waals surface area (Å²) in [5, 5.41) is 7.91. The van der Waals surface area contributed by atoms with Gasteiger partial charge in [-0.1, -0.05) is 47.6 Å². The minimum absolute atomic E-state index is 0.123. The number of para-hydroxylation sites is 1. The molecule has 0 unspecified atom stereocenters. The smallest absolute Gasteiger partial charge is 0.154 e. The number of benzene rings is 2. The molecule has 2 heterocycles. The monoisotopic (exact) mass is 415 g/mol. The van der Waals surface area contributed by atoms with Crippen LogP contribution < -0.4 is 5.32 Å². The van der Waals surface area contributed by atoms with Gasteiger partial charge in [-0.25, -0.2) is 8.78 Å². The van der Waals surface area contributed by atoms with Gasteiger partial charge in [0.1, 0.15) is 17.4 Å². The fraction of sp³-hybridized carbons (Fsp3) is 0.227. The molecule has 2 N–H and O–H groups in total. The lowest BCUT2D eigenvalue weighted by Gasteiger charge is -2.35. The Morgan fingerprint density at radius 1 is 1.24 bits per heavy atom. The molecule has 0 saturated heterocycles. The van der Waals surface area contributed by atoms with E-state index in [-0.39, 0.29) is 28.4 Å². The lowest BCUT2D eigenvalue weighted by atomic mass is 9.85. The van der Waals surface area contributed by atoms with E-state index < -0.39 is 17.2 Å². The van der Waals surface area contributed by atoms with Gasteiger partial charge in [0.15, 0.2) is 5.82 Å². The molecule has 0 atom stereocenters. The van der Waals surface area contributed by atoms with Crippen molar-refractivity contribution < 1.29 is 13.6 Å². The molecular weight excluding hydrogens is 396 g/mol. The van der Waals surface area contributed by atoms with Gasteiger partial charge in [0.2, 0.25) is 0 Å². The number of rotatable bonds is 4. The highest BCUT2D eigenvalue weighted by Gasteiger charge is 2.37. The molecule has 0 amide bonds. The standard InChI is InChI=1S/C22H20ClF2N3O/c1-4-10-29-28-14-11-22(2,3)27-21-16(14)18(24)15(19(25)17(21)23)13-7-5-6-12-8-9-26-20(12)13/h4-9,26-27H,1,10-11H2,2-3H3/b28-14+. The molecule has 0 bridgehead atoms. The average Bonchev–Trinajstić information content (AvgIpc) is 3.15. The van der Waals surface area contributed by atoms with Gasteiger partial charge in [-0.15, -0.1) is 0 Å². The summed E-state index contributed by atoms with van der Waals surface area (Å²) >= 11 is 6.39. The van der Waals surface area contributed by atoms with Crippen molar-refractivity contribution >= 4 is 33.9 Å². The number of oxime groups is 1. The number of aromatic nitrogens is 1. The Morgan fingerprint density at radius 3 is 2.79 bits per heavy atom. The maximum absolute atomic E-state index is 15.8. The van der Waals surface area contributed by atoms with Crippen LogP contribution in [-0.4, -0.2) is 22.8 Å². The predicted molar refractivity (Wildman–Crippen MR) is 114 cm³/mol. The lowest BCUT2D eigenvalue weighted by molar-refractivity contribution is 0.173. The number of halogens is 3. The van der Waals surface area contributed by atoms with Gasteiger partial charge in [-0.05, 0) is 25.3 Å². The molecular formula is C22H20ClF2N3O. The highest BCUT2D eigenvalue weighted by Crippen LogP contribution is 2.45. The Labute approximate surface area is 172 Å². The highest BCUT2D eigenvalue weighted by molar-refractivity contribution is 6.35. The van der Waals surface area contributed by atoms with Crippen LogP contribution in [0.3, 0.4) is 0 Å². The second-order valence-electron chi connectivity index (χ2n) is 7.62. The molecule has 7 heteroatoms. The summed E-state index contributed by atoms with van der Waals surface area (Å²) in [4.78, 5) is 8.28. The zero-order valence-electron chi connectivity index (χ0n) is 16.1. The molecule has 29 heavy (non-hydrogen) atoms. The zero-order chi connectivity index (χ0) is 20.8. The molecule has 3 aromatic rings. The number of aromatic amines is 1. The molecule has 0 spiro atoms. The number of hydrogen-bond acceptors (Lipinski definition) is 3. The van der Waals surface area contributed by atoms with E-state index in [0.717, 1.165) is 5.39 Å². The number of fused-ring (bicyclic) bond motifs is 2. The van der Waals surface area contributed by atoms with E-state index in [1.807, 2.05) is 26.0 Å². The Balaban J connectivity index is 2.01. The molecule has 0 radical (unpaired) electrons. The van der Waals surface area contributed by atoms with E-state index in [0.29, 0.717) is 23.2 Å². The van der Waals surface area contributed by atoms with Crippen molar-refractivity contribution in [2.75, 3.05) is 11.9 Å². The van der Waals surface area contributed by atoms with Crippen molar-refractivity contribution in [2.24, 2.45) is 5.16 Å². The van der Waals surface area contributed by atoms with Crippen molar-refractivity contribution in [2.45, 2.75) is 25.8 Å². The first kappa shape index (κ1) is 19.5. The van der Waals surface area contributed by atoms with Crippen molar-refractivity contribution in [3.05, 3.63) is 65.3 Å². The van der Waals surface area contributed by atoms with Gasteiger partial charge >= 0.3 is 0 Å². The summed E-state index contributed by atoms with van der Waals surface area (Å²) in [6.45, 7) is 7.56. The minimum atomic E-state index is -0.818. The summed E-state index contributed by atoms with van der Waals surface area (Å²) in [5.74, 6) is -1.55. The van der Waals surface area contributed by atoms with Crippen LogP contribution in [0.1, 0.15) is 25.8 Å². The summed E-state index contributed by atoms with van der Waals surface area (Å²) in [6.07, 6.45) is 3.65. The number of hydrogen-bond donors (Lipinski definition) is 2. The van der Waals surface area contributed by atoms with Crippen molar-refractivity contribution in [1.82, 2.24) is 4.98 Å². The van der Waals surface area contributed by atoms with Crippen LogP contribution in [0, 0.1) is 11.6 Å². The SMILES string of the molecule is C=CCO/N=C1\CC(C)(C)Nc2c(Cl)c(F)c(-c3cccc4cc[nH]c34)c(F)c21. The van der Waals surface area contributed by atoms with Crippen LogP contribution in [0.4, 0.5) is 14.5 Å². The van der Waals surface area contributed by atoms with Gasteiger partial charge in [-0.2, -0.15) is 0 Å². The molecule has 4 nitrogen and oxygen atoms in total. The lowest BCUT2D eigenvalue weighted by Crippen LogP contribution is -2.39. The van der Waals surface area contributed by atoms with E-state index >= 15 is 8.78 Å². The molecule has 1 aliphatic rings. The highest BCUT2D eigenvalue weighted by atomic mass is 35.5. The topological polar surface area (TPSA) is 49.4 Å². The van der Waals surface area contributed by atoms with Crippen LogP contribution in [0.15, 0.2) is 48.3 Å². The minimum Gasteiger partial charge on any atom is -0.391 e. The van der Waals surface area contributed by atoms with E-state index in [1.165, 1.54) is 0 Å². The van der Waals surface area contributed by atoms with Crippen LogP contribution >= 0.6 is 11.6 Å². The summed E-state index contributed by atoms with van der Waals surface area (Å²) in [6, 6.07) is 7.12.